The Morgan fingerprint density at radius 3 is 2.18 bits per heavy atom. The number of rotatable bonds is 7. The van der Waals surface area contributed by atoms with Crippen molar-refractivity contribution < 1.29 is 24.5 Å². The first-order chi connectivity index (χ1) is 25.8. The Morgan fingerprint density at radius 2 is 1.51 bits per heavy atom. The minimum atomic E-state index is -1.34. The van der Waals surface area contributed by atoms with E-state index in [2.05, 4.69) is 163 Å². The average molecular weight is 918 g/mol. The summed E-state index contributed by atoms with van der Waals surface area (Å²) in [6, 6.07) is 40.5. The Hall–Kier alpha value is -4.61. The number of aryl methyl sites for hydroxylation is 3. The number of imidazole rings is 1. The van der Waals surface area contributed by atoms with Crippen molar-refractivity contribution in [2.45, 2.75) is 80.4 Å². The molecule has 0 atom stereocenters. The molecule has 3 heterocycles. The van der Waals surface area contributed by atoms with Crippen molar-refractivity contribution in [3.8, 4) is 28.3 Å². The number of para-hydroxylation sites is 2. The van der Waals surface area contributed by atoms with Crippen LogP contribution in [0.4, 0.5) is 0 Å². The summed E-state index contributed by atoms with van der Waals surface area (Å²) in [6.07, 6.45) is 3.24. The predicted octanol–water partition coefficient (Wildman–Crippen LogP) is 12.7. The fraction of sp³-hybridized carbons (Fsp3) is 0.265. The molecule has 0 spiro atoms. The predicted molar refractivity (Wildman–Crippen MR) is 231 cm³/mol. The smallest absolute Gasteiger partial charge is 0.121 e. The van der Waals surface area contributed by atoms with Gasteiger partial charge in [-0.25, -0.2) is 0 Å². The third kappa shape index (κ3) is 8.19. The van der Waals surface area contributed by atoms with E-state index in [-0.39, 0.29) is 20.1 Å². The van der Waals surface area contributed by atoms with E-state index < -0.39 is 8.07 Å². The maximum atomic E-state index is 6.51. The summed E-state index contributed by atoms with van der Waals surface area (Å²) < 4.78 is 8.79. The topological polar surface area (TPSA) is 43.9 Å². The Balaban J connectivity index is 0.000000211. The summed E-state index contributed by atoms with van der Waals surface area (Å²) in [5.74, 6) is 1.96. The third-order valence-corrected chi connectivity index (χ3v) is 12.2. The van der Waals surface area contributed by atoms with Gasteiger partial charge in [-0.1, -0.05) is 112 Å². The number of pyridine rings is 1. The van der Waals surface area contributed by atoms with Gasteiger partial charge in [-0.05, 0) is 84.8 Å². The first-order valence-corrected chi connectivity index (χ1v) is 22.7. The van der Waals surface area contributed by atoms with Gasteiger partial charge in [0.2, 0.25) is 0 Å². The third-order valence-electron chi connectivity index (χ3n) is 10.2. The van der Waals surface area contributed by atoms with Crippen LogP contribution in [-0.2, 0) is 26.5 Å². The number of hydrogen-bond donors (Lipinski definition) is 0. The minimum Gasteiger partial charge on any atom is -0.501 e. The van der Waals surface area contributed by atoms with Crippen LogP contribution >= 0.6 is 0 Å². The van der Waals surface area contributed by atoms with E-state index >= 15 is 0 Å². The molecule has 0 aliphatic rings. The van der Waals surface area contributed by atoms with Crippen molar-refractivity contribution in [2.75, 3.05) is 0 Å². The van der Waals surface area contributed by atoms with Crippen LogP contribution in [0.3, 0.4) is 0 Å². The normalized spacial score (nSPS) is 11.7. The summed E-state index contributed by atoms with van der Waals surface area (Å²) >= 11 is 0. The summed E-state index contributed by atoms with van der Waals surface area (Å²) in [5.41, 5.74) is 14.4. The van der Waals surface area contributed by atoms with Gasteiger partial charge >= 0.3 is 0 Å². The summed E-state index contributed by atoms with van der Waals surface area (Å²) in [4.78, 5) is 9.79. The van der Waals surface area contributed by atoms with Gasteiger partial charge < -0.3 is 14.0 Å². The van der Waals surface area contributed by atoms with Gasteiger partial charge in [-0.2, -0.15) is 0 Å². The van der Waals surface area contributed by atoms with Crippen molar-refractivity contribution in [1.29, 1.82) is 0 Å². The molecular weight excluding hydrogens is 867 g/mol. The van der Waals surface area contributed by atoms with Crippen molar-refractivity contribution in [3.63, 3.8) is 0 Å². The van der Waals surface area contributed by atoms with E-state index in [1.54, 1.807) is 0 Å². The number of fused-ring (bicyclic) bond motifs is 4. The maximum Gasteiger partial charge on any atom is 0.121 e. The molecule has 0 unspecified atom stereocenters. The minimum absolute atomic E-state index is 0. The zero-order valence-corrected chi connectivity index (χ0v) is 37.2. The van der Waals surface area contributed by atoms with Gasteiger partial charge in [0.25, 0.3) is 0 Å². The molecule has 4 nitrogen and oxygen atoms in total. The van der Waals surface area contributed by atoms with Crippen LogP contribution in [0.5, 0.6) is 0 Å². The van der Waals surface area contributed by atoms with Crippen LogP contribution in [0.15, 0.2) is 108 Å². The summed E-state index contributed by atoms with van der Waals surface area (Å²) in [5, 5.41) is 3.71. The van der Waals surface area contributed by atoms with E-state index in [1.165, 1.54) is 33.0 Å². The molecule has 8 rings (SSSR count). The molecule has 0 saturated heterocycles. The van der Waals surface area contributed by atoms with Gasteiger partial charge in [-0.15, -0.1) is 54.1 Å². The van der Waals surface area contributed by atoms with Crippen molar-refractivity contribution in [1.82, 2.24) is 14.5 Å². The molecule has 3 aromatic heterocycles. The molecule has 6 heteroatoms. The molecular formula is C49H51IrN3OSi-2. The zero-order valence-electron chi connectivity index (χ0n) is 33.8. The molecule has 283 valence electrons. The number of aromatic nitrogens is 3. The summed E-state index contributed by atoms with van der Waals surface area (Å²) in [6.45, 7) is 22.6. The van der Waals surface area contributed by atoms with Gasteiger partial charge in [0.1, 0.15) is 5.58 Å². The zero-order chi connectivity index (χ0) is 38.3. The molecule has 1 radical (unpaired) electrons. The average Bonchev–Trinajstić information content (AvgIpc) is 3.69. The van der Waals surface area contributed by atoms with Crippen LogP contribution in [0, 0.1) is 38.8 Å². The van der Waals surface area contributed by atoms with Gasteiger partial charge in [-0.3, -0.25) is 4.98 Å². The maximum absolute atomic E-state index is 6.51. The van der Waals surface area contributed by atoms with E-state index in [9.17, 15) is 0 Å². The number of nitrogens with zero attached hydrogens (tertiary/aromatic N) is 3. The summed E-state index contributed by atoms with van der Waals surface area (Å²) in [7, 11) is -1.34. The SMILES string of the molecule is CC(C)Cc1cc(-c2[c-]cccc2)ncc1[Si](C)(C)C.Cc1cc(C)c(-n2c(-c3[c-]ccc4c3oc3cc(C(C)C)ccc34)nc3ccccc32)c(C)c1.[Ir]. The largest absolute Gasteiger partial charge is 0.501 e. The molecule has 0 aliphatic heterocycles. The molecule has 0 bridgehead atoms. The fourth-order valence-electron chi connectivity index (χ4n) is 7.71. The molecule has 0 saturated carbocycles. The molecule has 0 N–H and O–H groups in total. The first kappa shape index (κ1) is 40.1. The van der Waals surface area contributed by atoms with E-state index in [0.29, 0.717) is 11.8 Å². The van der Waals surface area contributed by atoms with E-state index in [1.807, 2.05) is 30.3 Å². The van der Waals surface area contributed by atoms with Gasteiger partial charge in [0.05, 0.1) is 30.5 Å². The first-order valence-electron chi connectivity index (χ1n) is 19.2. The Bertz CT molecular complexity index is 2590. The quantitative estimate of drug-likeness (QED) is 0.118. The van der Waals surface area contributed by atoms with Crippen molar-refractivity contribution >= 4 is 46.2 Å². The Morgan fingerprint density at radius 1 is 0.782 bits per heavy atom. The van der Waals surface area contributed by atoms with E-state index in [4.69, 9.17) is 9.40 Å². The fourth-order valence-corrected chi connectivity index (χ4v) is 9.30. The van der Waals surface area contributed by atoms with Crippen molar-refractivity contribution in [3.05, 3.63) is 143 Å². The molecule has 0 amide bonds. The molecule has 5 aromatic carbocycles. The standard InChI is InChI=1S/C31H27N2O.C18H24NSi.Ir/c1-18(2)22-13-14-23-24-9-8-10-25(30(24)34-28(23)17-22)31-32-26-11-6-7-12-27(26)33(31)29-20(4)15-19(3)16-21(29)5;1-14(2)11-16-12-17(15-9-7-6-8-10-15)19-13-18(16)20(3,4)5;/h6-9,11-18H,1-5H3;6-9,12-14H,11H2,1-5H3;/q2*-1;. The van der Waals surface area contributed by atoms with Crippen LogP contribution < -0.4 is 5.19 Å². The number of hydrogen-bond acceptors (Lipinski definition) is 3. The monoisotopic (exact) mass is 918 g/mol. The van der Waals surface area contributed by atoms with Crippen LogP contribution in [-0.4, -0.2) is 22.6 Å². The second-order valence-electron chi connectivity index (χ2n) is 16.5. The van der Waals surface area contributed by atoms with Gasteiger partial charge in [0.15, 0.2) is 0 Å². The van der Waals surface area contributed by atoms with Crippen LogP contribution in [0.1, 0.15) is 61.4 Å². The molecule has 0 fully saturated rings. The molecule has 0 aliphatic carbocycles. The number of benzene rings is 5. The second-order valence-corrected chi connectivity index (χ2v) is 21.5. The van der Waals surface area contributed by atoms with Crippen molar-refractivity contribution in [2.24, 2.45) is 5.92 Å². The molecule has 8 aromatic rings. The second kappa shape index (κ2) is 16.2. The Kier molecular flexibility index (Phi) is 11.8. The Labute approximate surface area is 341 Å². The number of furan rings is 1. The van der Waals surface area contributed by atoms with E-state index in [0.717, 1.165) is 67.7 Å². The van der Waals surface area contributed by atoms with Crippen LogP contribution in [0.25, 0.3) is 61.3 Å². The molecule has 55 heavy (non-hydrogen) atoms. The van der Waals surface area contributed by atoms with Gasteiger partial charge in [0, 0.05) is 37.4 Å². The van der Waals surface area contributed by atoms with Crippen LogP contribution in [0.2, 0.25) is 19.6 Å².